The van der Waals surface area contributed by atoms with E-state index in [1.165, 1.54) is 23.2 Å². The van der Waals surface area contributed by atoms with Crippen molar-refractivity contribution in [2.45, 2.75) is 30.8 Å². The van der Waals surface area contributed by atoms with Crippen LogP contribution in [0.5, 0.6) is 0 Å². The zero-order chi connectivity index (χ0) is 25.9. The Morgan fingerprint density at radius 2 is 2.03 bits per heavy atom. The Morgan fingerprint density at radius 3 is 2.81 bits per heavy atom. The number of nitro benzene ring substituents is 1. The quantitative estimate of drug-likeness (QED) is 0.102. The van der Waals surface area contributed by atoms with Gasteiger partial charge in [-0.1, -0.05) is 39.8 Å². The maximum absolute atomic E-state index is 13.7. The summed E-state index contributed by atoms with van der Waals surface area (Å²) in [5.41, 5.74) is 4.51. The summed E-state index contributed by atoms with van der Waals surface area (Å²) in [6, 6.07) is 13.3. The largest absolute Gasteiger partial charge is 0.272 e. The molecule has 0 fully saturated rings. The molecule has 0 radical (unpaired) electrons. The lowest BCUT2D eigenvalue weighted by atomic mass is 9.97. The highest BCUT2D eigenvalue weighted by Gasteiger charge is 2.23. The van der Waals surface area contributed by atoms with Gasteiger partial charge in [-0.15, -0.1) is 11.3 Å². The highest BCUT2D eigenvalue weighted by molar-refractivity contribution is 9.10. The van der Waals surface area contributed by atoms with Crippen molar-refractivity contribution in [3.8, 4) is 5.69 Å². The monoisotopic (exact) mass is 597 g/mol. The second-order valence-corrected chi connectivity index (χ2v) is 11.3. The summed E-state index contributed by atoms with van der Waals surface area (Å²) in [6.07, 6.45) is 5.35. The normalized spacial score (nSPS) is 13.1. The van der Waals surface area contributed by atoms with Crippen molar-refractivity contribution in [2.24, 2.45) is 5.10 Å². The van der Waals surface area contributed by atoms with E-state index in [-0.39, 0.29) is 17.0 Å². The topological polar surface area (TPSA) is 119 Å². The number of hydrogen-bond donors (Lipinski definition) is 1. The summed E-state index contributed by atoms with van der Waals surface area (Å²) in [4.78, 5) is 43.4. The van der Waals surface area contributed by atoms with E-state index in [1.807, 2.05) is 24.3 Å². The SMILES string of the molecule is O=C(CSc1nc2sc3c(c2c(=O)n1-c1ccc(Br)cc1)CCCC3)NN=Cc1cccc([N+](=O)[O-])c1. The van der Waals surface area contributed by atoms with Crippen molar-refractivity contribution in [2.75, 3.05) is 5.75 Å². The van der Waals surface area contributed by atoms with Gasteiger partial charge in [0.2, 0.25) is 0 Å². The van der Waals surface area contributed by atoms with Gasteiger partial charge in [-0.2, -0.15) is 5.10 Å². The van der Waals surface area contributed by atoms with Crippen molar-refractivity contribution in [3.63, 3.8) is 0 Å². The molecule has 9 nitrogen and oxygen atoms in total. The van der Waals surface area contributed by atoms with Crippen LogP contribution in [0.3, 0.4) is 0 Å². The number of carbonyl (C=O) groups is 1. The fraction of sp³-hybridized carbons (Fsp3) is 0.200. The number of thioether (sulfide) groups is 1. The minimum atomic E-state index is -0.495. The summed E-state index contributed by atoms with van der Waals surface area (Å²) in [7, 11) is 0. The molecule has 37 heavy (non-hydrogen) atoms. The van der Waals surface area contributed by atoms with Crippen molar-refractivity contribution < 1.29 is 9.72 Å². The first kappa shape index (κ1) is 25.3. The van der Waals surface area contributed by atoms with Crippen LogP contribution in [0.4, 0.5) is 5.69 Å². The molecule has 0 atom stereocenters. The van der Waals surface area contributed by atoms with Gasteiger partial charge in [-0.3, -0.25) is 24.3 Å². The number of benzene rings is 2. The highest BCUT2D eigenvalue weighted by Crippen LogP contribution is 2.35. The molecule has 0 bridgehead atoms. The van der Waals surface area contributed by atoms with Gasteiger partial charge in [-0.25, -0.2) is 10.4 Å². The Hall–Kier alpha value is -3.35. The number of nitrogens with zero attached hydrogens (tertiary/aromatic N) is 4. The molecule has 2 heterocycles. The molecule has 0 aliphatic heterocycles. The van der Waals surface area contributed by atoms with Crippen LogP contribution in [-0.4, -0.2) is 32.3 Å². The zero-order valence-corrected chi connectivity index (χ0v) is 22.6. The fourth-order valence-electron chi connectivity index (χ4n) is 4.16. The van der Waals surface area contributed by atoms with Gasteiger partial charge in [-0.05, 0) is 55.5 Å². The molecule has 4 aromatic rings. The maximum Gasteiger partial charge on any atom is 0.270 e. The van der Waals surface area contributed by atoms with E-state index in [9.17, 15) is 19.7 Å². The van der Waals surface area contributed by atoms with Crippen molar-refractivity contribution in [1.82, 2.24) is 15.0 Å². The van der Waals surface area contributed by atoms with Gasteiger partial charge in [0.1, 0.15) is 4.83 Å². The Bertz CT molecular complexity index is 1600. The number of fused-ring (bicyclic) bond motifs is 3. The fourth-order valence-corrected chi connectivity index (χ4v) is 6.53. The number of aromatic nitrogens is 2. The number of nitro groups is 1. The van der Waals surface area contributed by atoms with E-state index in [0.717, 1.165) is 47.5 Å². The first-order chi connectivity index (χ1) is 17.9. The molecule has 0 spiro atoms. The lowest BCUT2D eigenvalue weighted by molar-refractivity contribution is -0.384. The summed E-state index contributed by atoms with van der Waals surface area (Å²) in [6.45, 7) is 0. The summed E-state index contributed by atoms with van der Waals surface area (Å²) in [5, 5.41) is 15.9. The predicted molar refractivity (Wildman–Crippen MR) is 149 cm³/mol. The number of non-ortho nitro benzene ring substituents is 1. The van der Waals surface area contributed by atoms with Crippen molar-refractivity contribution >= 4 is 67.1 Å². The molecule has 12 heteroatoms. The lowest BCUT2D eigenvalue weighted by Crippen LogP contribution is -2.24. The number of hydrazone groups is 1. The first-order valence-corrected chi connectivity index (χ1v) is 14.0. The van der Waals surface area contributed by atoms with Crippen LogP contribution in [-0.2, 0) is 17.6 Å². The van der Waals surface area contributed by atoms with Crippen molar-refractivity contribution in [1.29, 1.82) is 0 Å². The van der Waals surface area contributed by atoms with Crippen LogP contribution in [0.15, 0.2) is 68.1 Å². The van der Waals surface area contributed by atoms with Crippen molar-refractivity contribution in [3.05, 3.63) is 89.5 Å². The molecule has 0 saturated heterocycles. The van der Waals surface area contributed by atoms with Gasteiger partial charge in [0, 0.05) is 27.0 Å². The van der Waals surface area contributed by atoms with Crippen LogP contribution in [0.25, 0.3) is 15.9 Å². The van der Waals surface area contributed by atoms with Gasteiger partial charge < -0.3 is 0 Å². The maximum atomic E-state index is 13.7. The van der Waals surface area contributed by atoms with Crippen LogP contribution in [0.2, 0.25) is 0 Å². The molecule has 1 aliphatic carbocycles. The number of amides is 1. The van der Waals surface area contributed by atoms with Gasteiger partial charge in [0.25, 0.3) is 17.2 Å². The standard InChI is InChI=1S/C25H20BrN5O4S2/c26-16-8-10-17(11-9-16)30-24(33)22-19-6-1-2-7-20(19)37-23(22)28-25(30)36-14-21(32)29-27-13-15-4-3-5-18(12-15)31(34)35/h3-5,8-13H,1-2,6-7,14H2,(H,29,32). The Kier molecular flexibility index (Phi) is 7.49. The molecule has 188 valence electrons. The third-order valence-electron chi connectivity index (χ3n) is 5.86. The number of halogens is 1. The number of hydrogen-bond acceptors (Lipinski definition) is 8. The predicted octanol–water partition coefficient (Wildman–Crippen LogP) is 5.24. The number of thiophene rings is 1. The van der Waals surface area contributed by atoms with E-state index in [0.29, 0.717) is 26.6 Å². The van der Waals surface area contributed by atoms with Gasteiger partial charge in [0.15, 0.2) is 5.16 Å². The molecule has 2 aromatic carbocycles. The van der Waals surface area contributed by atoms with E-state index >= 15 is 0 Å². The van der Waals surface area contributed by atoms with E-state index in [2.05, 4.69) is 26.5 Å². The number of aryl methyl sites for hydroxylation is 2. The Morgan fingerprint density at radius 1 is 1.24 bits per heavy atom. The molecular formula is C25H20BrN5O4S2. The van der Waals surface area contributed by atoms with Gasteiger partial charge >= 0.3 is 0 Å². The summed E-state index contributed by atoms with van der Waals surface area (Å²) in [5.74, 6) is -0.417. The zero-order valence-electron chi connectivity index (χ0n) is 19.3. The van der Waals surface area contributed by atoms with Crippen LogP contribution >= 0.6 is 39.0 Å². The average Bonchev–Trinajstić information content (AvgIpc) is 3.27. The van der Waals surface area contributed by atoms with E-state index in [1.54, 1.807) is 28.0 Å². The van der Waals surface area contributed by atoms with E-state index < -0.39 is 10.8 Å². The average molecular weight is 599 g/mol. The second-order valence-electron chi connectivity index (χ2n) is 8.34. The van der Waals surface area contributed by atoms with E-state index in [4.69, 9.17) is 4.98 Å². The number of carbonyl (C=O) groups excluding carboxylic acids is 1. The second kappa shape index (κ2) is 11.0. The molecule has 1 amide bonds. The Balaban J connectivity index is 1.40. The first-order valence-electron chi connectivity index (χ1n) is 11.4. The molecule has 5 rings (SSSR count). The molecule has 0 unspecified atom stereocenters. The Labute approximate surface area is 227 Å². The minimum Gasteiger partial charge on any atom is -0.272 e. The number of nitrogens with one attached hydrogen (secondary N) is 1. The summed E-state index contributed by atoms with van der Waals surface area (Å²) >= 11 is 6.15. The molecule has 2 aromatic heterocycles. The molecule has 1 N–H and O–H groups in total. The third kappa shape index (κ3) is 5.50. The van der Waals surface area contributed by atoms with Crippen LogP contribution in [0, 0.1) is 10.1 Å². The van der Waals surface area contributed by atoms with Crippen LogP contribution < -0.4 is 11.0 Å². The highest BCUT2D eigenvalue weighted by atomic mass is 79.9. The third-order valence-corrected chi connectivity index (χ3v) is 8.51. The molecular weight excluding hydrogens is 578 g/mol. The minimum absolute atomic E-state index is 0.0220. The summed E-state index contributed by atoms with van der Waals surface area (Å²) < 4.78 is 2.46. The van der Waals surface area contributed by atoms with Crippen LogP contribution in [0.1, 0.15) is 28.8 Å². The van der Waals surface area contributed by atoms with Gasteiger partial charge in [0.05, 0.1) is 28.0 Å². The lowest BCUT2D eigenvalue weighted by Gasteiger charge is -2.13. The smallest absolute Gasteiger partial charge is 0.270 e. The number of rotatable bonds is 7. The molecule has 0 saturated carbocycles. The molecule has 1 aliphatic rings.